The maximum absolute atomic E-state index is 6.49. The van der Waals surface area contributed by atoms with Crippen LogP contribution in [0.2, 0.25) is 0 Å². The summed E-state index contributed by atoms with van der Waals surface area (Å²) in [6.07, 6.45) is 0. The Kier molecular flexibility index (Phi) is 7.26. The summed E-state index contributed by atoms with van der Waals surface area (Å²) in [4.78, 5) is 2.32. The van der Waals surface area contributed by atoms with Gasteiger partial charge < -0.3 is 18.8 Å². The van der Waals surface area contributed by atoms with Gasteiger partial charge in [0.1, 0.15) is 0 Å². The minimum Gasteiger partial charge on any atom is -0.453 e. The van der Waals surface area contributed by atoms with Gasteiger partial charge in [-0.1, -0.05) is 121 Å². The van der Waals surface area contributed by atoms with Gasteiger partial charge in [-0.2, -0.15) is 0 Å². The molecule has 4 heteroatoms. The molecule has 3 heterocycles. The lowest BCUT2D eigenvalue weighted by Crippen LogP contribution is -2.16. The van der Waals surface area contributed by atoms with Crippen LogP contribution in [0.15, 0.2) is 188 Å². The van der Waals surface area contributed by atoms with Crippen molar-refractivity contribution in [2.24, 2.45) is 0 Å². The van der Waals surface area contributed by atoms with E-state index in [0.29, 0.717) is 0 Å². The molecule has 8 aromatic carbocycles. The van der Waals surface area contributed by atoms with Crippen molar-refractivity contribution < 1.29 is 4.74 Å². The third-order valence-electron chi connectivity index (χ3n) is 11.2. The van der Waals surface area contributed by atoms with Gasteiger partial charge in [0.05, 0.1) is 33.6 Å². The van der Waals surface area contributed by atoms with Gasteiger partial charge in [-0.3, -0.25) is 0 Å². The molecule has 0 spiro atoms. The minimum absolute atomic E-state index is 0.863. The van der Waals surface area contributed by atoms with Crippen molar-refractivity contribution in [2.45, 2.75) is 13.8 Å². The second kappa shape index (κ2) is 12.6. The largest absolute Gasteiger partial charge is 0.453 e. The molecule has 1 aliphatic rings. The summed E-state index contributed by atoms with van der Waals surface area (Å²) < 4.78 is 11.4. The predicted molar refractivity (Wildman–Crippen MR) is 233 cm³/mol. The zero-order valence-corrected chi connectivity index (χ0v) is 31.1. The van der Waals surface area contributed by atoms with Gasteiger partial charge in [-0.25, -0.2) is 0 Å². The predicted octanol–water partition coefficient (Wildman–Crippen LogP) is 14.3. The Morgan fingerprint density at radius 1 is 0.393 bits per heavy atom. The second-order valence-corrected chi connectivity index (χ2v) is 14.7. The average Bonchev–Trinajstić information content (AvgIpc) is 3.77. The molecule has 0 unspecified atom stereocenters. The molecule has 2 aromatic heterocycles. The summed E-state index contributed by atoms with van der Waals surface area (Å²) in [5.41, 5.74) is 15.9. The number of nitrogens with zero attached hydrogens (tertiary/aromatic N) is 3. The van der Waals surface area contributed by atoms with Crippen LogP contribution in [0.25, 0.3) is 66.5 Å². The smallest absolute Gasteiger partial charge is 0.151 e. The summed E-state index contributed by atoms with van der Waals surface area (Å²) in [5, 5.41) is 3.64. The summed E-state index contributed by atoms with van der Waals surface area (Å²) in [6, 6.07) is 67.9. The van der Waals surface area contributed by atoms with Crippen molar-refractivity contribution in [3.05, 3.63) is 199 Å². The number of ether oxygens (including phenoxy) is 1. The van der Waals surface area contributed by atoms with E-state index in [1.807, 2.05) is 0 Å². The molecule has 11 rings (SSSR count). The second-order valence-electron chi connectivity index (χ2n) is 14.7. The van der Waals surface area contributed by atoms with E-state index in [1.165, 1.54) is 66.2 Å². The van der Waals surface area contributed by atoms with Crippen molar-refractivity contribution in [1.82, 2.24) is 9.13 Å². The number of hydrogen-bond acceptors (Lipinski definition) is 2. The first-order chi connectivity index (χ1) is 27.6. The molecule has 0 saturated carbocycles. The van der Waals surface area contributed by atoms with Crippen LogP contribution in [0, 0.1) is 13.8 Å². The van der Waals surface area contributed by atoms with Crippen LogP contribution in [-0.2, 0) is 0 Å². The molecule has 0 fully saturated rings. The maximum atomic E-state index is 6.49. The van der Waals surface area contributed by atoms with Crippen molar-refractivity contribution in [3.63, 3.8) is 0 Å². The fraction of sp³-hybridized carbons (Fsp3) is 0.0385. The van der Waals surface area contributed by atoms with Crippen molar-refractivity contribution in [1.29, 1.82) is 0 Å². The molecule has 1 aliphatic heterocycles. The number of aromatic nitrogens is 2. The fourth-order valence-electron chi connectivity index (χ4n) is 8.74. The Labute approximate surface area is 325 Å². The summed E-state index contributed by atoms with van der Waals surface area (Å²) in [5.74, 6) is 1.73. The van der Waals surface area contributed by atoms with Crippen molar-refractivity contribution >= 4 is 49.8 Å². The number of rotatable bonds is 5. The maximum Gasteiger partial charge on any atom is 0.151 e. The van der Waals surface area contributed by atoms with E-state index in [1.54, 1.807) is 0 Å². The molecule has 0 saturated heterocycles. The normalized spacial score (nSPS) is 12.2. The van der Waals surface area contributed by atoms with Gasteiger partial charge in [0.25, 0.3) is 0 Å². The number of para-hydroxylation sites is 2. The van der Waals surface area contributed by atoms with E-state index in [9.17, 15) is 0 Å². The first kappa shape index (κ1) is 32.2. The fourth-order valence-corrected chi connectivity index (χ4v) is 8.74. The summed E-state index contributed by atoms with van der Waals surface area (Å²) in [7, 11) is 0. The molecule has 0 radical (unpaired) electrons. The van der Waals surface area contributed by atoms with Crippen LogP contribution >= 0.6 is 0 Å². The first-order valence-electron chi connectivity index (χ1n) is 19.2. The third-order valence-corrected chi connectivity index (χ3v) is 11.2. The molecule has 56 heavy (non-hydrogen) atoms. The van der Waals surface area contributed by atoms with Crippen LogP contribution in [0.3, 0.4) is 0 Å². The van der Waals surface area contributed by atoms with Crippen LogP contribution in [0.4, 0.5) is 17.1 Å². The lowest BCUT2D eigenvalue weighted by atomic mass is 9.98. The lowest BCUT2D eigenvalue weighted by molar-refractivity contribution is 0.476. The minimum atomic E-state index is 0.863. The highest BCUT2D eigenvalue weighted by Gasteiger charge is 2.28. The highest BCUT2D eigenvalue weighted by Crippen LogP contribution is 2.52. The monoisotopic (exact) mass is 719 g/mol. The molecule has 266 valence electrons. The zero-order chi connectivity index (χ0) is 37.3. The zero-order valence-electron chi connectivity index (χ0n) is 31.1. The Morgan fingerprint density at radius 2 is 0.911 bits per heavy atom. The van der Waals surface area contributed by atoms with Gasteiger partial charge in [0.15, 0.2) is 11.5 Å². The SMILES string of the molecule is Cc1ccc2c(c1)Oc1cc(C)ccc1N2c1ccc(-n2c3ccccc3c3ccc4c(-c5ccccc5)c(-c5ccccc5)n(-c5ccccc5)c4c32)cc1. The van der Waals surface area contributed by atoms with Gasteiger partial charge in [-0.15, -0.1) is 0 Å². The molecule has 10 aromatic rings. The number of fused-ring (bicyclic) bond motifs is 7. The number of aryl methyl sites for hydroxylation is 2. The van der Waals surface area contributed by atoms with Gasteiger partial charge in [-0.05, 0) is 103 Å². The molecule has 0 amide bonds. The Morgan fingerprint density at radius 3 is 1.57 bits per heavy atom. The molecular weight excluding hydrogens is 683 g/mol. The highest BCUT2D eigenvalue weighted by molar-refractivity contribution is 6.22. The van der Waals surface area contributed by atoms with Crippen LogP contribution < -0.4 is 9.64 Å². The Hall–Kier alpha value is -7.30. The average molecular weight is 720 g/mol. The van der Waals surface area contributed by atoms with Crippen LogP contribution in [-0.4, -0.2) is 9.13 Å². The topological polar surface area (TPSA) is 22.3 Å². The molecule has 4 nitrogen and oxygen atoms in total. The van der Waals surface area contributed by atoms with E-state index < -0.39 is 0 Å². The molecule has 0 aliphatic carbocycles. The van der Waals surface area contributed by atoms with Crippen LogP contribution in [0.5, 0.6) is 11.5 Å². The number of hydrogen-bond donors (Lipinski definition) is 0. The van der Waals surface area contributed by atoms with E-state index in [2.05, 4.69) is 216 Å². The molecular formula is C52H37N3O. The van der Waals surface area contributed by atoms with Crippen molar-refractivity contribution in [2.75, 3.05) is 4.90 Å². The Bertz CT molecular complexity index is 3050. The summed E-state index contributed by atoms with van der Waals surface area (Å²) in [6.45, 7) is 4.22. The van der Waals surface area contributed by atoms with Gasteiger partial charge in [0.2, 0.25) is 0 Å². The number of benzene rings is 8. The standard InChI is InChI=1S/C52H37N3O/c1-34-22-30-45-47(32-34)56-48-33-35(2)23-31-46(48)53(45)39-24-26-40(27-25-39)54-44-21-13-12-20-41(44)42-28-29-43-49(36-14-6-3-7-15-36)50(37-16-8-4-9-17-37)55(52(43)51(42)54)38-18-10-5-11-19-38/h3-33H,1-2H3. The van der Waals surface area contributed by atoms with E-state index in [0.717, 1.165) is 39.9 Å². The first-order valence-corrected chi connectivity index (χ1v) is 19.2. The lowest BCUT2D eigenvalue weighted by Gasteiger charge is -2.33. The van der Waals surface area contributed by atoms with E-state index in [4.69, 9.17) is 4.74 Å². The third kappa shape index (κ3) is 4.93. The van der Waals surface area contributed by atoms with Gasteiger partial charge in [0, 0.05) is 38.8 Å². The van der Waals surface area contributed by atoms with Gasteiger partial charge >= 0.3 is 0 Å². The molecule has 0 N–H and O–H groups in total. The van der Waals surface area contributed by atoms with E-state index >= 15 is 0 Å². The summed E-state index contributed by atoms with van der Waals surface area (Å²) >= 11 is 0. The number of anilines is 3. The van der Waals surface area contributed by atoms with Crippen molar-refractivity contribution in [3.8, 4) is 45.3 Å². The highest BCUT2D eigenvalue weighted by atomic mass is 16.5. The Balaban J connectivity index is 1.21. The molecule has 0 atom stereocenters. The van der Waals surface area contributed by atoms with Crippen LogP contribution in [0.1, 0.15) is 11.1 Å². The molecule has 0 bridgehead atoms. The quantitative estimate of drug-likeness (QED) is 0.177. The van der Waals surface area contributed by atoms with E-state index in [-0.39, 0.29) is 0 Å².